The van der Waals surface area contributed by atoms with Crippen molar-refractivity contribution in [1.82, 2.24) is 5.32 Å². The molecule has 2 aliphatic heterocycles. The highest BCUT2D eigenvalue weighted by Gasteiger charge is 2.78. The first-order valence-corrected chi connectivity index (χ1v) is 20.4. The van der Waals surface area contributed by atoms with Crippen LogP contribution in [-0.4, -0.2) is 117 Å². The Morgan fingerprint density at radius 1 is 0.902 bits per heavy atom. The van der Waals surface area contributed by atoms with Gasteiger partial charge in [-0.25, -0.2) is 9.59 Å². The van der Waals surface area contributed by atoms with Crippen molar-refractivity contribution < 1.29 is 72.5 Å². The highest BCUT2D eigenvalue weighted by atomic mass is 16.6. The summed E-state index contributed by atoms with van der Waals surface area (Å²) in [5.41, 5.74) is -8.49. The largest absolute Gasteiger partial charge is 0.456 e. The average molecular weight is 848 g/mol. The summed E-state index contributed by atoms with van der Waals surface area (Å²) in [4.78, 5) is 83.3. The van der Waals surface area contributed by atoms with E-state index in [1.54, 1.807) is 76.2 Å². The highest BCUT2D eigenvalue weighted by molar-refractivity contribution is 5.96. The molecule has 13 atom stereocenters. The predicted molar refractivity (Wildman–Crippen MR) is 211 cm³/mol. The standard InChI is InChI=1S/C45H53NO15/c1-22-28(58-39(53)33(50)32(26-15-11-9-12-16-26)46-40(54)43(8)23(2)60-43)20-45(55)37(59-38(52)27-17-13-10-14-18-27)35-42(7,29(49)19-30-44(35,21-56-30)61-25(4)48)36(51)34(57-24(3)47)31(22)41(45,5)6/h9-18,23,28-30,32-35,37,49-50,55H,19-21H2,1-8H3,(H,46,54)/t23-,28-,29-,30+,32-,33+,34+,35-,37-,42+,43+,44-,45+/m0/s1. The van der Waals surface area contributed by atoms with Crippen LogP contribution in [0.25, 0.3) is 0 Å². The van der Waals surface area contributed by atoms with Crippen LogP contribution in [0.4, 0.5) is 0 Å². The van der Waals surface area contributed by atoms with Crippen molar-refractivity contribution >= 4 is 35.6 Å². The molecule has 1 amide bonds. The van der Waals surface area contributed by atoms with E-state index in [0.29, 0.717) is 5.56 Å². The molecule has 0 spiro atoms. The summed E-state index contributed by atoms with van der Waals surface area (Å²) < 4.78 is 35.7. The lowest BCUT2D eigenvalue weighted by atomic mass is 9.44. The number of esters is 4. The highest BCUT2D eigenvalue weighted by Crippen LogP contribution is 2.64. The van der Waals surface area contributed by atoms with Crippen molar-refractivity contribution in [2.45, 2.75) is 134 Å². The molecule has 16 nitrogen and oxygen atoms in total. The van der Waals surface area contributed by atoms with Crippen molar-refractivity contribution in [3.8, 4) is 0 Å². The maximum absolute atomic E-state index is 15.5. The number of Topliss-reactive ketones (excluding diaryl/α,β-unsaturated/α-hetero) is 1. The van der Waals surface area contributed by atoms with Gasteiger partial charge in [0.1, 0.15) is 23.9 Å². The Bertz CT molecular complexity index is 2160. The molecule has 2 bridgehead atoms. The Morgan fingerprint density at radius 3 is 2.05 bits per heavy atom. The second-order valence-corrected chi connectivity index (χ2v) is 17.9. The van der Waals surface area contributed by atoms with Crippen molar-refractivity contribution in [1.29, 1.82) is 0 Å². The SMILES string of the molecule is CC(=O)O[C@H]1C(=O)[C@@]2(C)[C@H]([C@H](OC(=O)c3ccccc3)[C@]3(O)C[C@H](OC(=O)[C@H](O)[C@@H](NC(=O)[C@]4(C)O[C@H]4C)c4ccccc4)C(C)=C1C3(C)C)[C@]1(OC(C)=O)CO[C@@H]1C[C@@H]2O. The van der Waals surface area contributed by atoms with Crippen LogP contribution >= 0.6 is 0 Å². The van der Waals surface area contributed by atoms with Crippen molar-refractivity contribution in [3.63, 3.8) is 0 Å². The number of aliphatic hydroxyl groups excluding tert-OH is 2. The van der Waals surface area contributed by atoms with Crippen LogP contribution in [0.5, 0.6) is 0 Å². The van der Waals surface area contributed by atoms with Crippen LogP contribution in [0.3, 0.4) is 0 Å². The van der Waals surface area contributed by atoms with Crippen molar-refractivity contribution in [2.24, 2.45) is 16.7 Å². The smallest absolute Gasteiger partial charge is 0.338 e. The van der Waals surface area contributed by atoms with E-state index in [1.165, 1.54) is 26.0 Å². The van der Waals surface area contributed by atoms with Crippen LogP contribution in [0.15, 0.2) is 71.8 Å². The van der Waals surface area contributed by atoms with Gasteiger partial charge in [-0.15, -0.1) is 0 Å². The van der Waals surface area contributed by atoms with Gasteiger partial charge in [-0.05, 0) is 56.5 Å². The minimum atomic E-state index is -2.39. The Kier molecular flexibility index (Phi) is 11.1. The molecule has 2 aromatic rings. The number of fused-ring (bicyclic) bond motifs is 5. The van der Waals surface area contributed by atoms with Gasteiger partial charge in [0.2, 0.25) is 0 Å². The minimum Gasteiger partial charge on any atom is -0.456 e. The molecule has 2 aromatic carbocycles. The fourth-order valence-electron chi connectivity index (χ4n) is 10.2. The molecular weight excluding hydrogens is 794 g/mol. The molecule has 3 aliphatic carbocycles. The fourth-order valence-corrected chi connectivity index (χ4v) is 10.2. The summed E-state index contributed by atoms with van der Waals surface area (Å²) in [7, 11) is 0. The molecule has 0 radical (unpaired) electrons. The molecule has 4 fully saturated rings. The minimum absolute atomic E-state index is 0.00407. The van der Waals surface area contributed by atoms with E-state index in [1.807, 2.05) is 0 Å². The number of amides is 1. The van der Waals surface area contributed by atoms with Gasteiger partial charge in [-0.1, -0.05) is 62.4 Å². The zero-order valence-corrected chi connectivity index (χ0v) is 35.3. The number of benzene rings is 2. The molecule has 0 unspecified atom stereocenters. The van der Waals surface area contributed by atoms with E-state index in [-0.39, 0.29) is 29.7 Å². The Labute approximate surface area is 352 Å². The molecule has 2 heterocycles. The molecule has 2 saturated carbocycles. The van der Waals surface area contributed by atoms with E-state index < -0.39 is 124 Å². The second kappa shape index (κ2) is 15.4. The lowest BCUT2D eigenvalue weighted by Crippen LogP contribution is -2.82. The van der Waals surface area contributed by atoms with Gasteiger partial charge in [-0.3, -0.25) is 19.2 Å². The van der Waals surface area contributed by atoms with Gasteiger partial charge in [0, 0.05) is 32.1 Å². The van der Waals surface area contributed by atoms with Crippen molar-refractivity contribution in [3.05, 3.63) is 82.9 Å². The summed E-state index contributed by atoms with van der Waals surface area (Å²) in [5, 5.41) is 40.2. The number of ether oxygens (including phenoxy) is 6. The van der Waals surface area contributed by atoms with Crippen LogP contribution in [-0.2, 0) is 52.4 Å². The van der Waals surface area contributed by atoms with Crippen LogP contribution < -0.4 is 5.32 Å². The number of carbonyl (C=O) groups is 6. The Morgan fingerprint density at radius 2 is 1.51 bits per heavy atom. The van der Waals surface area contributed by atoms with Gasteiger partial charge < -0.3 is 49.1 Å². The number of rotatable bonds is 10. The Balaban J connectivity index is 1.39. The maximum Gasteiger partial charge on any atom is 0.338 e. The molecule has 328 valence electrons. The van der Waals surface area contributed by atoms with Gasteiger partial charge >= 0.3 is 23.9 Å². The third-order valence-corrected chi connectivity index (χ3v) is 14.0. The molecular formula is C45H53NO15. The average Bonchev–Trinajstić information content (AvgIpc) is 3.84. The first-order chi connectivity index (χ1) is 28.5. The molecule has 16 heteroatoms. The summed E-state index contributed by atoms with van der Waals surface area (Å²) in [6.07, 6.45) is -10.9. The molecule has 7 rings (SSSR count). The zero-order valence-electron chi connectivity index (χ0n) is 35.3. The van der Waals surface area contributed by atoms with Gasteiger partial charge in [0.15, 0.2) is 29.2 Å². The number of hydrogen-bond donors (Lipinski definition) is 4. The summed E-state index contributed by atoms with van der Waals surface area (Å²) >= 11 is 0. The van der Waals surface area contributed by atoms with E-state index in [2.05, 4.69) is 5.32 Å². The van der Waals surface area contributed by atoms with Gasteiger partial charge in [0.25, 0.3) is 5.91 Å². The number of hydrogen-bond acceptors (Lipinski definition) is 15. The molecule has 5 aliphatic rings. The van der Waals surface area contributed by atoms with E-state index in [0.717, 1.165) is 13.8 Å². The third-order valence-electron chi connectivity index (χ3n) is 14.0. The number of carbonyl (C=O) groups excluding carboxylic acids is 6. The number of nitrogens with one attached hydrogen (secondary N) is 1. The summed E-state index contributed by atoms with van der Waals surface area (Å²) in [5.74, 6) is -6.84. The van der Waals surface area contributed by atoms with Crippen molar-refractivity contribution in [2.75, 3.05) is 6.61 Å². The van der Waals surface area contributed by atoms with Crippen LogP contribution in [0, 0.1) is 16.7 Å². The lowest BCUT2D eigenvalue weighted by Gasteiger charge is -2.67. The van der Waals surface area contributed by atoms with Gasteiger partial charge in [-0.2, -0.15) is 0 Å². The molecule has 2 saturated heterocycles. The Hall–Kier alpha value is -5.00. The van der Waals surface area contributed by atoms with Gasteiger partial charge in [0.05, 0.1) is 41.8 Å². The van der Waals surface area contributed by atoms with E-state index in [4.69, 9.17) is 28.4 Å². The second-order valence-electron chi connectivity index (χ2n) is 17.9. The molecule has 61 heavy (non-hydrogen) atoms. The number of ketones is 1. The quantitative estimate of drug-likeness (QED) is 0.117. The predicted octanol–water partition coefficient (Wildman–Crippen LogP) is 2.60. The normalized spacial score (nSPS) is 36.8. The van der Waals surface area contributed by atoms with E-state index in [9.17, 15) is 39.3 Å². The number of epoxide rings is 1. The number of aliphatic hydroxyl groups is 3. The summed E-state index contributed by atoms with van der Waals surface area (Å²) in [6, 6.07) is 14.7. The molecule has 0 aromatic heterocycles. The zero-order chi connectivity index (χ0) is 44.6. The van der Waals surface area contributed by atoms with Crippen LogP contribution in [0.2, 0.25) is 0 Å². The van der Waals surface area contributed by atoms with Crippen LogP contribution in [0.1, 0.15) is 90.2 Å². The topological polar surface area (TPSA) is 234 Å². The third kappa shape index (κ3) is 6.96. The molecule has 4 N–H and O–H groups in total. The first kappa shape index (κ1) is 44.1. The summed E-state index contributed by atoms with van der Waals surface area (Å²) in [6.45, 7) is 11.2. The monoisotopic (exact) mass is 847 g/mol. The lowest BCUT2D eigenvalue weighted by molar-refractivity contribution is -0.346. The first-order valence-electron chi connectivity index (χ1n) is 20.4. The fraction of sp³-hybridized carbons (Fsp3) is 0.556. The van der Waals surface area contributed by atoms with E-state index >= 15 is 4.79 Å². The maximum atomic E-state index is 15.5.